The molecule has 4 heteroatoms. The predicted molar refractivity (Wildman–Crippen MR) is 53.8 cm³/mol. The van der Waals surface area contributed by atoms with Gasteiger partial charge >= 0.3 is 0 Å². The molecule has 2 saturated heterocycles. The minimum atomic E-state index is -0.313. The van der Waals surface area contributed by atoms with Gasteiger partial charge in [-0.1, -0.05) is 0 Å². The van der Waals surface area contributed by atoms with Gasteiger partial charge in [0.25, 0.3) is 0 Å². The van der Waals surface area contributed by atoms with Gasteiger partial charge in [0.2, 0.25) is 0 Å². The van der Waals surface area contributed by atoms with Crippen LogP contribution in [0.1, 0.15) is 19.8 Å². The van der Waals surface area contributed by atoms with Crippen LogP contribution >= 0.6 is 11.8 Å². The minimum Gasteiger partial charge on any atom is -0.346 e. The third-order valence-electron chi connectivity index (χ3n) is 2.80. The van der Waals surface area contributed by atoms with E-state index in [1.807, 2.05) is 11.8 Å². The third kappa shape index (κ3) is 1.73. The highest BCUT2D eigenvalue weighted by Crippen LogP contribution is 2.41. The molecule has 3 atom stereocenters. The summed E-state index contributed by atoms with van der Waals surface area (Å²) in [6.07, 6.45) is 2.32. The molecule has 0 aromatic carbocycles. The summed E-state index contributed by atoms with van der Waals surface area (Å²) < 4.78 is 11.7. The zero-order chi connectivity index (χ0) is 9.31. The lowest BCUT2D eigenvalue weighted by molar-refractivity contribution is -0.171. The van der Waals surface area contributed by atoms with Crippen LogP contribution in [0.4, 0.5) is 0 Å². The van der Waals surface area contributed by atoms with E-state index in [-0.39, 0.29) is 11.9 Å². The van der Waals surface area contributed by atoms with E-state index in [0.717, 1.165) is 6.42 Å². The van der Waals surface area contributed by atoms with Gasteiger partial charge in [-0.2, -0.15) is 11.8 Å². The number of nitrogens with two attached hydrogens (primary N) is 1. The van der Waals surface area contributed by atoms with Gasteiger partial charge in [0, 0.05) is 13.0 Å². The first-order valence-electron chi connectivity index (χ1n) is 4.90. The van der Waals surface area contributed by atoms with Gasteiger partial charge in [0.1, 0.15) is 0 Å². The Bertz CT molecular complexity index is 190. The summed E-state index contributed by atoms with van der Waals surface area (Å²) in [5.74, 6) is 0.913. The van der Waals surface area contributed by atoms with Crippen molar-refractivity contribution >= 4 is 11.8 Å². The third-order valence-corrected chi connectivity index (χ3v) is 4.18. The van der Waals surface area contributed by atoms with Crippen LogP contribution in [0.15, 0.2) is 0 Å². The molecule has 3 unspecified atom stereocenters. The zero-order valence-electron chi connectivity index (χ0n) is 7.99. The van der Waals surface area contributed by atoms with E-state index in [9.17, 15) is 0 Å². The Hall–Kier alpha value is 0.230. The normalized spacial score (nSPS) is 45.7. The first-order valence-corrected chi connectivity index (χ1v) is 5.95. The van der Waals surface area contributed by atoms with E-state index >= 15 is 0 Å². The molecule has 0 aromatic heterocycles. The van der Waals surface area contributed by atoms with E-state index in [1.165, 1.54) is 12.2 Å². The maximum absolute atomic E-state index is 5.88. The Morgan fingerprint density at radius 2 is 2.46 bits per heavy atom. The van der Waals surface area contributed by atoms with Gasteiger partial charge in [0.05, 0.1) is 18.0 Å². The predicted octanol–water partition coefficient (Wildman–Crippen LogP) is 0.972. The van der Waals surface area contributed by atoms with Crippen molar-refractivity contribution in [2.75, 3.05) is 18.9 Å². The highest BCUT2D eigenvalue weighted by atomic mass is 32.2. The van der Waals surface area contributed by atoms with E-state index < -0.39 is 0 Å². The molecule has 0 radical (unpaired) electrons. The number of rotatable bonds is 1. The fraction of sp³-hybridized carbons (Fsp3) is 1.00. The average molecular weight is 203 g/mol. The molecular formula is C9H17NO2S. The molecule has 2 aliphatic rings. The van der Waals surface area contributed by atoms with E-state index in [4.69, 9.17) is 15.2 Å². The molecule has 76 valence electrons. The van der Waals surface area contributed by atoms with Gasteiger partial charge in [-0.3, -0.25) is 0 Å². The van der Waals surface area contributed by atoms with Crippen molar-refractivity contribution in [3.63, 3.8) is 0 Å². The Labute approximate surface area is 83.3 Å². The molecule has 0 saturated carbocycles. The van der Waals surface area contributed by atoms with Crippen molar-refractivity contribution in [3.8, 4) is 0 Å². The fourth-order valence-electron chi connectivity index (χ4n) is 1.95. The molecular weight excluding hydrogens is 186 g/mol. The lowest BCUT2D eigenvalue weighted by Crippen LogP contribution is -2.43. The second-order valence-corrected chi connectivity index (χ2v) is 5.16. The van der Waals surface area contributed by atoms with Gasteiger partial charge in [-0.15, -0.1) is 0 Å². The van der Waals surface area contributed by atoms with Crippen LogP contribution in [-0.2, 0) is 9.47 Å². The molecule has 2 heterocycles. The molecule has 0 aromatic rings. The second kappa shape index (κ2) is 3.77. The van der Waals surface area contributed by atoms with Crippen LogP contribution in [-0.4, -0.2) is 36.0 Å². The van der Waals surface area contributed by atoms with E-state index in [0.29, 0.717) is 18.4 Å². The van der Waals surface area contributed by atoms with Crippen LogP contribution in [0.2, 0.25) is 0 Å². The average Bonchev–Trinajstić information content (AvgIpc) is 2.56. The molecule has 0 bridgehead atoms. The lowest BCUT2D eigenvalue weighted by Gasteiger charge is -2.37. The Morgan fingerprint density at radius 3 is 3.08 bits per heavy atom. The highest BCUT2D eigenvalue weighted by Gasteiger charge is 2.47. The molecule has 1 spiro atoms. The van der Waals surface area contributed by atoms with Gasteiger partial charge < -0.3 is 15.2 Å². The second-order valence-electron chi connectivity index (χ2n) is 3.71. The first kappa shape index (κ1) is 9.77. The minimum absolute atomic E-state index is 0.112. The van der Waals surface area contributed by atoms with E-state index in [2.05, 4.69) is 6.92 Å². The van der Waals surface area contributed by atoms with Crippen LogP contribution in [0.3, 0.4) is 0 Å². The molecule has 13 heavy (non-hydrogen) atoms. The maximum atomic E-state index is 5.88. The van der Waals surface area contributed by atoms with Gasteiger partial charge in [0.15, 0.2) is 5.79 Å². The summed E-state index contributed by atoms with van der Waals surface area (Å²) >= 11 is 1.94. The Kier molecular flexibility index (Phi) is 2.83. The van der Waals surface area contributed by atoms with Crippen molar-refractivity contribution in [2.24, 2.45) is 5.73 Å². The van der Waals surface area contributed by atoms with Crippen molar-refractivity contribution in [1.29, 1.82) is 0 Å². The summed E-state index contributed by atoms with van der Waals surface area (Å²) in [4.78, 5) is 0. The topological polar surface area (TPSA) is 44.5 Å². The van der Waals surface area contributed by atoms with Crippen LogP contribution in [0.25, 0.3) is 0 Å². The highest BCUT2D eigenvalue weighted by molar-refractivity contribution is 8.00. The standard InChI is InChI=1S/C9H17NO2S/c1-7-9(3-2-4-13-7)11-6-8(5-10)12-9/h7-8H,2-6,10H2,1H3. The fourth-order valence-corrected chi connectivity index (χ4v) is 3.11. The number of thioether (sulfide) groups is 1. The van der Waals surface area contributed by atoms with Gasteiger partial charge in [-0.25, -0.2) is 0 Å². The molecule has 2 aliphatic heterocycles. The Balaban J connectivity index is 2.03. The maximum Gasteiger partial charge on any atom is 0.180 e. The first-order chi connectivity index (χ1) is 6.27. The van der Waals surface area contributed by atoms with Crippen LogP contribution in [0, 0.1) is 0 Å². The quantitative estimate of drug-likeness (QED) is 0.690. The number of hydrogen-bond acceptors (Lipinski definition) is 4. The Morgan fingerprint density at radius 1 is 1.62 bits per heavy atom. The summed E-state index contributed by atoms with van der Waals surface area (Å²) in [6.45, 7) is 3.42. The summed E-state index contributed by atoms with van der Waals surface area (Å²) in [5, 5.41) is 0.442. The smallest absolute Gasteiger partial charge is 0.180 e. The summed E-state index contributed by atoms with van der Waals surface area (Å²) in [7, 11) is 0. The lowest BCUT2D eigenvalue weighted by atomic mass is 10.1. The zero-order valence-corrected chi connectivity index (χ0v) is 8.81. The molecule has 2 rings (SSSR count). The van der Waals surface area contributed by atoms with Crippen LogP contribution < -0.4 is 5.73 Å². The molecule has 0 aliphatic carbocycles. The van der Waals surface area contributed by atoms with E-state index in [1.54, 1.807) is 0 Å². The molecule has 0 amide bonds. The van der Waals surface area contributed by atoms with Crippen molar-refractivity contribution in [2.45, 2.75) is 36.9 Å². The SMILES string of the molecule is CC1SCCCC12OCC(CN)O2. The number of hydrogen-bond donors (Lipinski definition) is 1. The monoisotopic (exact) mass is 203 g/mol. The summed E-state index contributed by atoms with van der Waals surface area (Å²) in [5.41, 5.74) is 5.56. The largest absolute Gasteiger partial charge is 0.346 e. The van der Waals surface area contributed by atoms with Crippen molar-refractivity contribution in [1.82, 2.24) is 0 Å². The molecule has 3 nitrogen and oxygen atoms in total. The molecule has 2 N–H and O–H groups in total. The van der Waals surface area contributed by atoms with Crippen LogP contribution in [0.5, 0.6) is 0 Å². The van der Waals surface area contributed by atoms with Crippen molar-refractivity contribution < 1.29 is 9.47 Å². The molecule has 2 fully saturated rings. The van der Waals surface area contributed by atoms with Gasteiger partial charge in [-0.05, 0) is 19.1 Å². The number of ether oxygens (including phenoxy) is 2. The van der Waals surface area contributed by atoms with Crippen molar-refractivity contribution in [3.05, 3.63) is 0 Å². The summed E-state index contributed by atoms with van der Waals surface area (Å²) in [6, 6.07) is 0.